The van der Waals surface area contributed by atoms with E-state index in [0.717, 1.165) is 12.1 Å². The molecule has 1 heterocycles. The van der Waals surface area contributed by atoms with Crippen LogP contribution in [-0.4, -0.2) is 17.3 Å². The molecular weight excluding hydrogens is 220 g/mol. The van der Waals surface area contributed by atoms with Gasteiger partial charge in [-0.3, -0.25) is 0 Å². The number of anilines is 1. The van der Waals surface area contributed by atoms with Crippen LogP contribution in [-0.2, 0) is 0 Å². The van der Waals surface area contributed by atoms with Crippen molar-refractivity contribution in [2.45, 2.75) is 25.6 Å². The molecule has 0 saturated carbocycles. The summed E-state index contributed by atoms with van der Waals surface area (Å²) in [6.07, 6.45) is 1.13. The molecule has 1 saturated heterocycles. The van der Waals surface area contributed by atoms with Crippen molar-refractivity contribution in [2.75, 3.05) is 5.43 Å². The van der Waals surface area contributed by atoms with Crippen LogP contribution in [0.1, 0.15) is 13.3 Å². The van der Waals surface area contributed by atoms with Gasteiger partial charge < -0.3 is 16.1 Å². The Bertz CT molecular complexity index is 354. The molecule has 0 spiro atoms. The molecule has 0 radical (unpaired) electrons. The maximum Gasteiger partial charge on any atom is 0.167 e. The number of nitrogens with one attached hydrogen (secondary N) is 4. The predicted octanol–water partition coefficient (Wildman–Crippen LogP) is 1.19. The Labute approximate surface area is 101 Å². The normalized spacial score (nSPS) is 24.4. The lowest BCUT2D eigenvalue weighted by Gasteiger charge is -2.31. The van der Waals surface area contributed by atoms with E-state index in [1.807, 2.05) is 30.3 Å². The van der Waals surface area contributed by atoms with Gasteiger partial charge in [0.15, 0.2) is 5.11 Å². The summed E-state index contributed by atoms with van der Waals surface area (Å²) in [5, 5.41) is 7.02. The summed E-state index contributed by atoms with van der Waals surface area (Å²) in [4.78, 5) is 0. The number of rotatable bonds is 3. The zero-order valence-electron chi connectivity index (χ0n) is 9.16. The lowest BCUT2D eigenvalue weighted by atomic mass is 10.2. The van der Waals surface area contributed by atoms with Crippen LogP contribution in [0.25, 0.3) is 0 Å². The van der Waals surface area contributed by atoms with Gasteiger partial charge in [-0.1, -0.05) is 18.2 Å². The maximum absolute atomic E-state index is 5.10. The van der Waals surface area contributed by atoms with Crippen LogP contribution >= 0.6 is 12.2 Å². The van der Waals surface area contributed by atoms with Crippen molar-refractivity contribution in [3.8, 4) is 0 Å². The van der Waals surface area contributed by atoms with E-state index in [4.69, 9.17) is 12.2 Å². The minimum Gasteiger partial charge on any atom is -0.360 e. The van der Waals surface area contributed by atoms with Crippen LogP contribution in [0.4, 0.5) is 5.69 Å². The number of benzene rings is 1. The van der Waals surface area contributed by atoms with Crippen molar-refractivity contribution in [1.29, 1.82) is 0 Å². The predicted molar refractivity (Wildman–Crippen MR) is 69.9 cm³/mol. The number of hydrazine groups is 1. The van der Waals surface area contributed by atoms with Gasteiger partial charge in [0.05, 0.1) is 6.17 Å². The minimum absolute atomic E-state index is 0.156. The molecule has 4 N–H and O–H groups in total. The Hall–Kier alpha value is -1.33. The topological polar surface area (TPSA) is 48.1 Å². The molecule has 0 unspecified atom stereocenters. The molecule has 16 heavy (non-hydrogen) atoms. The lowest BCUT2D eigenvalue weighted by molar-refractivity contribution is 0.402. The molecule has 0 aliphatic carbocycles. The third-order valence-corrected chi connectivity index (χ3v) is 2.67. The van der Waals surface area contributed by atoms with Gasteiger partial charge in [0, 0.05) is 18.2 Å². The second-order valence-corrected chi connectivity index (χ2v) is 4.35. The van der Waals surface area contributed by atoms with E-state index in [-0.39, 0.29) is 6.17 Å². The van der Waals surface area contributed by atoms with Gasteiger partial charge in [-0.05, 0) is 31.3 Å². The first-order valence-electron chi connectivity index (χ1n) is 5.37. The standard InChI is InChI=1S/C11H16N4S/c1-8-7-10(13-11(16)12-8)15-14-9-5-3-2-4-6-9/h2-6,8,10,14-15H,7H2,1H3,(H2,12,13,16)/t8-,10+/m1/s1. The average molecular weight is 236 g/mol. The summed E-state index contributed by atoms with van der Waals surface area (Å²) in [7, 11) is 0. The molecule has 86 valence electrons. The van der Waals surface area contributed by atoms with E-state index in [9.17, 15) is 0 Å². The molecule has 1 aliphatic rings. The van der Waals surface area contributed by atoms with Crippen molar-refractivity contribution in [1.82, 2.24) is 16.1 Å². The Morgan fingerprint density at radius 1 is 1.25 bits per heavy atom. The van der Waals surface area contributed by atoms with Crippen molar-refractivity contribution >= 4 is 23.0 Å². The van der Waals surface area contributed by atoms with Gasteiger partial charge in [0.1, 0.15) is 0 Å². The molecule has 0 bridgehead atoms. The van der Waals surface area contributed by atoms with Crippen LogP contribution in [0.2, 0.25) is 0 Å². The van der Waals surface area contributed by atoms with E-state index in [1.165, 1.54) is 0 Å². The highest BCUT2D eigenvalue weighted by atomic mass is 32.1. The fraction of sp³-hybridized carbons (Fsp3) is 0.364. The van der Waals surface area contributed by atoms with Gasteiger partial charge >= 0.3 is 0 Å². The highest BCUT2D eigenvalue weighted by Crippen LogP contribution is 2.05. The largest absolute Gasteiger partial charge is 0.360 e. The first kappa shape index (κ1) is 11.2. The maximum atomic E-state index is 5.10. The molecular formula is C11H16N4S. The summed E-state index contributed by atoms with van der Waals surface area (Å²) in [5.74, 6) is 0. The average Bonchev–Trinajstić information content (AvgIpc) is 2.27. The molecule has 2 rings (SSSR count). The van der Waals surface area contributed by atoms with E-state index in [2.05, 4.69) is 28.4 Å². The summed E-state index contributed by atoms with van der Waals surface area (Å²) in [6, 6.07) is 10.4. The third kappa shape index (κ3) is 3.08. The van der Waals surface area contributed by atoms with Crippen LogP contribution < -0.4 is 21.5 Å². The first-order chi connectivity index (χ1) is 7.74. The lowest BCUT2D eigenvalue weighted by Crippen LogP contribution is -2.59. The second-order valence-electron chi connectivity index (χ2n) is 3.94. The van der Waals surface area contributed by atoms with Gasteiger partial charge in [-0.2, -0.15) is 0 Å². The number of hydrogen-bond acceptors (Lipinski definition) is 3. The molecule has 0 amide bonds. The molecule has 1 fully saturated rings. The minimum atomic E-state index is 0.156. The summed E-state index contributed by atoms with van der Waals surface area (Å²) >= 11 is 5.10. The molecule has 0 aromatic heterocycles. The monoisotopic (exact) mass is 236 g/mol. The van der Waals surface area contributed by atoms with Gasteiger partial charge in [0.25, 0.3) is 0 Å². The summed E-state index contributed by atoms with van der Waals surface area (Å²) in [5.41, 5.74) is 7.41. The highest BCUT2D eigenvalue weighted by Gasteiger charge is 2.19. The van der Waals surface area contributed by atoms with E-state index in [1.54, 1.807) is 0 Å². The molecule has 4 nitrogen and oxygen atoms in total. The zero-order valence-corrected chi connectivity index (χ0v) is 9.97. The fourth-order valence-electron chi connectivity index (χ4n) is 1.68. The first-order valence-corrected chi connectivity index (χ1v) is 5.78. The van der Waals surface area contributed by atoms with Gasteiger partial charge in [-0.25, -0.2) is 5.43 Å². The van der Waals surface area contributed by atoms with Crippen LogP contribution in [0, 0.1) is 0 Å². The highest BCUT2D eigenvalue weighted by molar-refractivity contribution is 7.80. The van der Waals surface area contributed by atoms with Crippen LogP contribution in [0.15, 0.2) is 30.3 Å². The van der Waals surface area contributed by atoms with Gasteiger partial charge in [-0.15, -0.1) is 0 Å². The van der Waals surface area contributed by atoms with Crippen LogP contribution in [0.5, 0.6) is 0 Å². The zero-order chi connectivity index (χ0) is 11.4. The quantitative estimate of drug-likeness (QED) is 0.469. The third-order valence-electron chi connectivity index (χ3n) is 2.44. The van der Waals surface area contributed by atoms with Crippen LogP contribution in [0.3, 0.4) is 0 Å². The van der Waals surface area contributed by atoms with Crippen molar-refractivity contribution in [3.05, 3.63) is 30.3 Å². The Balaban J connectivity index is 1.84. The Morgan fingerprint density at radius 2 is 2.00 bits per heavy atom. The van der Waals surface area contributed by atoms with E-state index < -0.39 is 0 Å². The van der Waals surface area contributed by atoms with Crippen molar-refractivity contribution < 1.29 is 0 Å². The van der Waals surface area contributed by atoms with E-state index in [0.29, 0.717) is 11.2 Å². The number of hydrogen-bond donors (Lipinski definition) is 4. The summed E-state index contributed by atoms with van der Waals surface area (Å²) < 4.78 is 0. The second kappa shape index (κ2) is 5.14. The number of thiocarbonyl (C=S) groups is 1. The Morgan fingerprint density at radius 3 is 2.69 bits per heavy atom. The smallest absolute Gasteiger partial charge is 0.167 e. The molecule has 1 aromatic rings. The Kier molecular flexibility index (Phi) is 3.58. The van der Waals surface area contributed by atoms with Gasteiger partial charge in [0.2, 0.25) is 0 Å². The molecule has 1 aromatic carbocycles. The number of para-hydroxylation sites is 1. The molecule has 1 aliphatic heterocycles. The SMILES string of the molecule is C[C@@H]1C[C@H](NNc2ccccc2)NC(=S)N1. The fourth-order valence-corrected chi connectivity index (χ4v) is 2.03. The van der Waals surface area contributed by atoms with E-state index >= 15 is 0 Å². The molecule has 2 atom stereocenters. The molecule has 5 heteroatoms. The van der Waals surface area contributed by atoms with Crippen molar-refractivity contribution in [2.24, 2.45) is 0 Å². The van der Waals surface area contributed by atoms with Crippen molar-refractivity contribution in [3.63, 3.8) is 0 Å². The summed E-state index contributed by atoms with van der Waals surface area (Å²) in [6.45, 7) is 2.12.